The van der Waals surface area contributed by atoms with Crippen LogP contribution in [0.25, 0.3) is 11.1 Å². The summed E-state index contributed by atoms with van der Waals surface area (Å²) in [4.78, 5) is 32.9. The normalized spacial score (nSPS) is 12.5. The Hall–Kier alpha value is -1.68. The van der Waals surface area contributed by atoms with Crippen molar-refractivity contribution in [3.8, 4) is 11.1 Å². The van der Waals surface area contributed by atoms with Crippen molar-refractivity contribution >= 4 is 16.8 Å². The third-order valence-corrected chi connectivity index (χ3v) is 13.3. The van der Waals surface area contributed by atoms with Crippen LogP contribution in [0.4, 0.5) is 0 Å². The second-order valence-electron chi connectivity index (χ2n) is 11.7. The first-order valence-corrected chi connectivity index (χ1v) is 20.2. The van der Waals surface area contributed by atoms with E-state index in [-0.39, 0.29) is 0 Å². The Kier molecular flexibility index (Phi) is 16.8. The van der Waals surface area contributed by atoms with Gasteiger partial charge in [-0.05, 0) is 66.2 Å². The minimum atomic E-state index is -4.02. The van der Waals surface area contributed by atoms with Gasteiger partial charge in [-0.25, -0.2) is 0 Å². The summed E-state index contributed by atoms with van der Waals surface area (Å²) in [5, 5.41) is 0. The average molecular weight is 611 g/mol. The minimum absolute atomic E-state index is 0.636. The predicted octanol–water partition coefficient (Wildman–Crippen LogP) is 10.6. The number of hydrogen-bond donors (Lipinski definition) is 3. The van der Waals surface area contributed by atoms with Crippen LogP contribution < -0.4 is 0 Å². The summed E-state index contributed by atoms with van der Waals surface area (Å²) in [6.45, 7) is -1.76. The Morgan fingerprint density at radius 2 is 1.05 bits per heavy atom. The van der Waals surface area contributed by atoms with Gasteiger partial charge in [-0.3, -0.25) is 0 Å². The van der Waals surface area contributed by atoms with E-state index >= 15 is 0 Å². The maximum Gasteiger partial charge on any atom is 0.281 e. The summed E-state index contributed by atoms with van der Waals surface area (Å²) in [6.07, 6.45) is 20.2. The molecular weight excluding hydrogens is 555 g/mol. The van der Waals surface area contributed by atoms with Crippen LogP contribution in [0.2, 0.25) is 0 Å². The highest BCUT2D eigenvalue weighted by Crippen LogP contribution is 2.43. The van der Waals surface area contributed by atoms with E-state index in [2.05, 4.69) is 67.6 Å². The molecule has 3 aromatic rings. The molecule has 0 radical (unpaired) electrons. The molecule has 1 atom stereocenters. The van der Waals surface area contributed by atoms with Crippen LogP contribution in [-0.4, -0.2) is 20.4 Å². The highest BCUT2D eigenvalue weighted by molar-refractivity contribution is 8.27. The molecule has 232 valence electrons. The lowest BCUT2D eigenvalue weighted by Crippen LogP contribution is -2.07. The van der Waals surface area contributed by atoms with Crippen molar-refractivity contribution in [3.05, 3.63) is 90.0 Å². The van der Waals surface area contributed by atoms with Crippen molar-refractivity contribution in [2.24, 2.45) is 0 Å². The van der Waals surface area contributed by atoms with E-state index in [4.69, 9.17) is 0 Å². The van der Waals surface area contributed by atoms with Crippen molar-refractivity contribution in [3.63, 3.8) is 0 Å². The van der Waals surface area contributed by atoms with Crippen LogP contribution in [-0.2, 0) is 22.9 Å². The molecule has 0 bridgehead atoms. The molecule has 0 aliphatic carbocycles. The summed E-state index contributed by atoms with van der Waals surface area (Å²) in [7, 11) is -0.964. The molecule has 0 amide bonds. The standard InChI is InChI=1S/C37H55O3PS/c1-2-3-4-5-8-12-21-29-36-35(34-27-19-15-20-28-34)30-23-31-37(36)42(41(38,39)40)32-22-13-10-7-6-9-11-16-24-33-25-17-14-18-26-33/h14-15,17-20,23,25-28,30-31,38-40H,2-13,16,21-22,24,29,32H2,1H3. The predicted molar refractivity (Wildman–Crippen MR) is 185 cm³/mol. The third-order valence-electron chi connectivity index (χ3n) is 8.19. The zero-order valence-corrected chi connectivity index (χ0v) is 27.6. The number of hydrogen-bond acceptors (Lipinski definition) is 0. The zero-order valence-electron chi connectivity index (χ0n) is 25.9. The summed E-state index contributed by atoms with van der Waals surface area (Å²) >= 11 is 0. The van der Waals surface area contributed by atoms with Crippen LogP contribution in [0, 0.1) is 0 Å². The molecule has 0 saturated heterocycles. The fourth-order valence-corrected chi connectivity index (χ4v) is 10.2. The molecule has 0 aliphatic rings. The average Bonchev–Trinajstić information content (AvgIpc) is 3.00. The van der Waals surface area contributed by atoms with Gasteiger partial charge in [-0.1, -0.05) is 167 Å². The second-order valence-corrected chi connectivity index (χ2v) is 17.1. The molecule has 3 rings (SSSR count). The first-order valence-electron chi connectivity index (χ1n) is 16.5. The Labute approximate surface area is 258 Å². The summed E-state index contributed by atoms with van der Waals surface area (Å²) in [6, 6.07) is 27.4. The first kappa shape index (κ1) is 34.8. The van der Waals surface area contributed by atoms with Gasteiger partial charge in [0.25, 0.3) is 6.72 Å². The van der Waals surface area contributed by atoms with Gasteiger partial charge in [0.15, 0.2) is 0 Å². The monoisotopic (exact) mass is 610 g/mol. The Balaban J connectivity index is 1.55. The Morgan fingerprint density at radius 1 is 0.524 bits per heavy atom. The molecule has 0 aliphatic heterocycles. The molecule has 3 nitrogen and oxygen atoms in total. The molecule has 3 aromatic carbocycles. The highest BCUT2D eigenvalue weighted by Gasteiger charge is 2.20. The third kappa shape index (κ3) is 12.9. The van der Waals surface area contributed by atoms with Crippen molar-refractivity contribution in [1.29, 1.82) is 0 Å². The zero-order chi connectivity index (χ0) is 29.9. The molecule has 0 spiro atoms. The molecule has 0 aromatic heterocycles. The van der Waals surface area contributed by atoms with E-state index < -0.39 is 16.8 Å². The van der Waals surface area contributed by atoms with Crippen molar-refractivity contribution in [2.45, 2.75) is 121 Å². The van der Waals surface area contributed by atoms with E-state index in [9.17, 15) is 14.7 Å². The van der Waals surface area contributed by atoms with Crippen molar-refractivity contribution in [2.75, 3.05) is 5.75 Å². The van der Waals surface area contributed by atoms with Crippen LogP contribution in [0.1, 0.15) is 114 Å². The maximum absolute atomic E-state index is 10.6. The second kappa shape index (κ2) is 20.3. The van der Waals surface area contributed by atoms with E-state index in [1.807, 2.05) is 18.2 Å². The quantitative estimate of drug-likeness (QED) is 0.0830. The lowest BCUT2D eigenvalue weighted by Gasteiger charge is -2.21. The Morgan fingerprint density at radius 3 is 1.64 bits per heavy atom. The SMILES string of the molecule is CCCCCCCCCc1c(-c2ccccc2)cccc1S(CCCCCCCCCCc1ccccc1)=P(O)(O)O. The highest BCUT2D eigenvalue weighted by atomic mass is 32.5. The smallest absolute Gasteiger partial charge is 0.281 e. The van der Waals surface area contributed by atoms with Crippen LogP contribution >= 0.6 is 6.72 Å². The number of unbranched alkanes of at least 4 members (excludes halogenated alkanes) is 13. The van der Waals surface area contributed by atoms with Gasteiger partial charge in [0.05, 0.1) is 0 Å². The van der Waals surface area contributed by atoms with Gasteiger partial charge in [0.1, 0.15) is 0 Å². The number of aryl methyl sites for hydroxylation is 1. The molecule has 3 N–H and O–H groups in total. The van der Waals surface area contributed by atoms with Crippen LogP contribution in [0.3, 0.4) is 0 Å². The van der Waals surface area contributed by atoms with Gasteiger partial charge in [-0.15, -0.1) is 0 Å². The van der Waals surface area contributed by atoms with E-state index in [0.29, 0.717) is 5.75 Å². The topological polar surface area (TPSA) is 60.7 Å². The fraction of sp³-hybridized carbons (Fsp3) is 0.514. The lowest BCUT2D eigenvalue weighted by atomic mass is 9.95. The Bertz CT molecular complexity index is 1180. The summed E-state index contributed by atoms with van der Waals surface area (Å²) < 4.78 is 0. The fourth-order valence-electron chi connectivity index (χ4n) is 5.83. The lowest BCUT2D eigenvalue weighted by molar-refractivity contribution is 0.362. The minimum Gasteiger partial charge on any atom is -0.328 e. The molecule has 0 saturated carbocycles. The summed E-state index contributed by atoms with van der Waals surface area (Å²) in [5.41, 5.74) is 4.95. The van der Waals surface area contributed by atoms with Gasteiger partial charge in [-0.2, -0.15) is 0 Å². The van der Waals surface area contributed by atoms with E-state index in [1.165, 1.54) is 94.6 Å². The van der Waals surface area contributed by atoms with Crippen LogP contribution in [0.15, 0.2) is 83.8 Å². The van der Waals surface area contributed by atoms with E-state index in [0.717, 1.165) is 41.7 Å². The van der Waals surface area contributed by atoms with Gasteiger partial charge in [0, 0.05) is 4.90 Å². The number of benzene rings is 3. The molecule has 1 unspecified atom stereocenters. The molecule has 0 heterocycles. The van der Waals surface area contributed by atoms with Gasteiger partial charge < -0.3 is 14.7 Å². The molecule has 42 heavy (non-hydrogen) atoms. The summed E-state index contributed by atoms with van der Waals surface area (Å²) in [5.74, 6) is 0.636. The van der Waals surface area contributed by atoms with Gasteiger partial charge >= 0.3 is 0 Å². The van der Waals surface area contributed by atoms with E-state index in [1.54, 1.807) is 0 Å². The van der Waals surface area contributed by atoms with Crippen molar-refractivity contribution < 1.29 is 14.7 Å². The molecular formula is C37H55O3PS. The number of rotatable bonds is 21. The van der Waals surface area contributed by atoms with Crippen LogP contribution in [0.5, 0.6) is 0 Å². The maximum atomic E-state index is 10.6. The van der Waals surface area contributed by atoms with Crippen molar-refractivity contribution in [1.82, 2.24) is 0 Å². The molecule has 0 fully saturated rings. The van der Waals surface area contributed by atoms with Gasteiger partial charge in [0.2, 0.25) is 0 Å². The molecule has 5 heteroatoms. The first-order chi connectivity index (χ1) is 20.5. The largest absolute Gasteiger partial charge is 0.328 e.